The highest BCUT2D eigenvalue weighted by molar-refractivity contribution is 7.80. The van der Waals surface area contributed by atoms with Gasteiger partial charge in [0.05, 0.1) is 15.7 Å². The van der Waals surface area contributed by atoms with Crippen LogP contribution in [0.1, 0.15) is 16.7 Å². The maximum absolute atomic E-state index is 13.1. The van der Waals surface area contributed by atoms with Gasteiger partial charge in [0, 0.05) is 5.69 Å². The number of hydrogen-bond acceptors (Lipinski definition) is 5. The minimum Gasteiger partial charge on any atom is -0.481 e. The number of halogens is 2. The van der Waals surface area contributed by atoms with E-state index >= 15 is 0 Å². The number of hydrogen-bond donors (Lipinski definition) is 2. The predicted octanol–water partition coefficient (Wildman–Crippen LogP) is 5.46. The molecule has 1 aliphatic rings. The summed E-state index contributed by atoms with van der Waals surface area (Å²) < 4.78 is 5.58. The lowest BCUT2D eigenvalue weighted by Crippen LogP contribution is -2.54. The predicted molar refractivity (Wildman–Crippen MR) is 149 cm³/mol. The topological polar surface area (TPSA) is 87.7 Å². The molecule has 0 saturated carbocycles. The maximum Gasteiger partial charge on any atom is 0.270 e. The molecule has 0 unspecified atom stereocenters. The molecular weight excluding hydrogens is 533 g/mol. The minimum absolute atomic E-state index is 0.0164. The summed E-state index contributed by atoms with van der Waals surface area (Å²) in [7, 11) is 0. The molecule has 0 bridgehead atoms. The molecule has 10 heteroatoms. The molecule has 3 aromatic rings. The third-order valence-corrected chi connectivity index (χ3v) is 6.31. The third-order valence-electron chi connectivity index (χ3n) is 5.46. The molecule has 0 spiro atoms. The van der Waals surface area contributed by atoms with E-state index < -0.39 is 11.8 Å². The summed E-state index contributed by atoms with van der Waals surface area (Å²) in [6, 6.07) is 17.4. The van der Waals surface area contributed by atoms with Gasteiger partial charge in [-0.1, -0.05) is 53.5 Å². The van der Waals surface area contributed by atoms with E-state index in [1.807, 2.05) is 32.0 Å². The van der Waals surface area contributed by atoms with E-state index in [0.29, 0.717) is 16.9 Å². The molecule has 37 heavy (non-hydrogen) atoms. The van der Waals surface area contributed by atoms with Crippen LogP contribution in [0, 0.1) is 13.8 Å². The number of benzene rings is 3. The van der Waals surface area contributed by atoms with Gasteiger partial charge in [-0.15, -0.1) is 0 Å². The second-order valence-electron chi connectivity index (χ2n) is 8.26. The van der Waals surface area contributed by atoms with E-state index in [-0.39, 0.29) is 39.0 Å². The van der Waals surface area contributed by atoms with Gasteiger partial charge in [-0.2, -0.15) is 0 Å². The zero-order valence-electron chi connectivity index (χ0n) is 19.8. The van der Waals surface area contributed by atoms with Gasteiger partial charge in [0.1, 0.15) is 5.57 Å². The van der Waals surface area contributed by atoms with Crippen molar-refractivity contribution >= 4 is 75.7 Å². The van der Waals surface area contributed by atoms with Crippen LogP contribution in [0.4, 0.5) is 11.4 Å². The molecule has 1 heterocycles. The first-order chi connectivity index (χ1) is 17.6. The number of rotatable bonds is 6. The Labute approximate surface area is 229 Å². The van der Waals surface area contributed by atoms with Crippen LogP contribution in [0.5, 0.6) is 5.75 Å². The lowest BCUT2D eigenvalue weighted by atomic mass is 10.1. The quantitative estimate of drug-likeness (QED) is 0.240. The number of aryl methyl sites for hydroxylation is 2. The SMILES string of the molecule is Cc1ccc(C)c(NC(=O)COc2c(Cl)cc(/C=C3/C(=O)NC(=S)N(c4ccccc4)C3=O)cc2Cl)c1. The maximum atomic E-state index is 13.1. The summed E-state index contributed by atoms with van der Waals surface area (Å²) in [5, 5.41) is 5.53. The van der Waals surface area contributed by atoms with E-state index in [0.717, 1.165) is 11.1 Å². The van der Waals surface area contributed by atoms with Gasteiger partial charge in [0.25, 0.3) is 17.7 Å². The van der Waals surface area contributed by atoms with Crippen molar-refractivity contribution in [3.63, 3.8) is 0 Å². The van der Waals surface area contributed by atoms with Crippen LogP contribution in [0.2, 0.25) is 10.0 Å². The molecule has 0 aromatic heterocycles. The highest BCUT2D eigenvalue weighted by atomic mass is 35.5. The number of carbonyl (C=O) groups is 3. The molecule has 7 nitrogen and oxygen atoms in total. The average Bonchev–Trinajstić information content (AvgIpc) is 2.84. The lowest BCUT2D eigenvalue weighted by molar-refractivity contribution is -0.122. The molecule has 0 radical (unpaired) electrons. The van der Waals surface area contributed by atoms with Gasteiger partial charge in [0.15, 0.2) is 17.5 Å². The van der Waals surface area contributed by atoms with Crippen molar-refractivity contribution in [3.8, 4) is 5.75 Å². The average molecular weight is 554 g/mol. The first-order valence-corrected chi connectivity index (χ1v) is 12.3. The summed E-state index contributed by atoms with van der Waals surface area (Å²) in [6.45, 7) is 3.50. The molecule has 0 atom stereocenters. The van der Waals surface area contributed by atoms with E-state index in [1.54, 1.807) is 30.3 Å². The highest BCUT2D eigenvalue weighted by Crippen LogP contribution is 2.35. The Balaban J connectivity index is 1.52. The number of carbonyl (C=O) groups excluding carboxylic acids is 3. The van der Waals surface area contributed by atoms with Crippen molar-refractivity contribution in [1.82, 2.24) is 5.32 Å². The van der Waals surface area contributed by atoms with Crippen molar-refractivity contribution in [2.75, 3.05) is 16.8 Å². The molecule has 3 aromatic carbocycles. The van der Waals surface area contributed by atoms with E-state index in [4.69, 9.17) is 40.2 Å². The second kappa shape index (κ2) is 11.1. The van der Waals surface area contributed by atoms with Crippen molar-refractivity contribution < 1.29 is 19.1 Å². The smallest absolute Gasteiger partial charge is 0.270 e. The number of nitrogens with one attached hydrogen (secondary N) is 2. The molecule has 1 saturated heterocycles. The Bertz CT molecular complexity index is 1430. The van der Waals surface area contributed by atoms with E-state index in [1.165, 1.54) is 23.1 Å². The van der Waals surface area contributed by atoms with Crippen LogP contribution < -0.4 is 20.3 Å². The van der Waals surface area contributed by atoms with Crippen molar-refractivity contribution in [3.05, 3.63) is 93.0 Å². The normalized spacial score (nSPS) is 14.5. The zero-order valence-corrected chi connectivity index (χ0v) is 22.1. The third kappa shape index (κ3) is 5.99. The number of nitrogens with zero attached hydrogens (tertiary/aromatic N) is 1. The van der Waals surface area contributed by atoms with Gasteiger partial charge in [-0.3, -0.25) is 24.6 Å². The van der Waals surface area contributed by atoms with Crippen LogP contribution >= 0.6 is 35.4 Å². The highest BCUT2D eigenvalue weighted by Gasteiger charge is 2.34. The summed E-state index contributed by atoms with van der Waals surface area (Å²) in [5.74, 6) is -1.50. The molecule has 188 valence electrons. The fourth-order valence-corrected chi connectivity index (χ4v) is 4.52. The molecular formula is C27H21Cl2N3O4S. The largest absolute Gasteiger partial charge is 0.481 e. The molecule has 2 N–H and O–H groups in total. The van der Waals surface area contributed by atoms with Crippen LogP contribution in [-0.2, 0) is 14.4 Å². The van der Waals surface area contributed by atoms with Crippen LogP contribution in [0.15, 0.2) is 66.2 Å². The van der Waals surface area contributed by atoms with Crippen LogP contribution in [-0.4, -0.2) is 29.4 Å². The Morgan fingerprint density at radius 2 is 1.73 bits per heavy atom. The second-order valence-corrected chi connectivity index (χ2v) is 9.46. The lowest BCUT2D eigenvalue weighted by Gasteiger charge is -2.28. The minimum atomic E-state index is -0.641. The summed E-state index contributed by atoms with van der Waals surface area (Å²) in [6.07, 6.45) is 1.37. The van der Waals surface area contributed by atoms with E-state index in [9.17, 15) is 14.4 Å². The number of amides is 3. The summed E-state index contributed by atoms with van der Waals surface area (Å²) in [5.41, 5.74) is 3.37. The number of para-hydroxylation sites is 1. The fraction of sp³-hybridized carbons (Fsp3) is 0.111. The number of thiocarbonyl (C=S) groups is 1. The Morgan fingerprint density at radius 3 is 2.41 bits per heavy atom. The fourth-order valence-electron chi connectivity index (χ4n) is 3.63. The van der Waals surface area contributed by atoms with Gasteiger partial charge in [-0.25, -0.2) is 0 Å². The van der Waals surface area contributed by atoms with Gasteiger partial charge in [0.2, 0.25) is 0 Å². The van der Waals surface area contributed by atoms with Crippen molar-refractivity contribution in [2.24, 2.45) is 0 Å². The standard InChI is InChI=1S/C27H21Cl2N3O4S/c1-15-8-9-16(2)22(10-15)30-23(33)14-36-24-20(28)12-17(13-21(24)29)11-19-25(34)31-27(37)32(26(19)35)18-6-4-3-5-7-18/h3-13H,14H2,1-2H3,(H,30,33)(H,31,34,37)/b19-11-. The number of ether oxygens (including phenoxy) is 1. The molecule has 4 rings (SSSR count). The summed E-state index contributed by atoms with van der Waals surface area (Å²) >= 11 is 17.9. The van der Waals surface area contributed by atoms with E-state index in [2.05, 4.69) is 10.6 Å². The van der Waals surface area contributed by atoms with Crippen molar-refractivity contribution in [2.45, 2.75) is 13.8 Å². The Morgan fingerprint density at radius 1 is 1.05 bits per heavy atom. The number of anilines is 2. The summed E-state index contributed by atoms with van der Waals surface area (Å²) in [4.78, 5) is 39.3. The molecule has 3 amide bonds. The van der Waals surface area contributed by atoms with Crippen LogP contribution in [0.25, 0.3) is 6.08 Å². The van der Waals surface area contributed by atoms with Crippen LogP contribution in [0.3, 0.4) is 0 Å². The Kier molecular flexibility index (Phi) is 7.92. The van der Waals surface area contributed by atoms with Gasteiger partial charge in [-0.05, 0) is 79.2 Å². The first kappa shape index (κ1) is 26.3. The Hall–Kier alpha value is -3.72. The monoisotopic (exact) mass is 553 g/mol. The molecule has 0 aliphatic carbocycles. The van der Waals surface area contributed by atoms with Gasteiger partial charge < -0.3 is 10.1 Å². The first-order valence-electron chi connectivity index (χ1n) is 11.1. The molecule has 1 fully saturated rings. The van der Waals surface area contributed by atoms with Gasteiger partial charge >= 0.3 is 0 Å². The zero-order chi connectivity index (χ0) is 26.7. The molecule has 1 aliphatic heterocycles. The van der Waals surface area contributed by atoms with Crippen molar-refractivity contribution in [1.29, 1.82) is 0 Å².